The molecule has 0 aliphatic carbocycles. The van der Waals surface area contributed by atoms with Gasteiger partial charge in [-0.05, 0) is 18.6 Å². The molecule has 1 saturated heterocycles. The number of hydrazine groups is 1. The molecule has 7 heteroatoms. The van der Waals surface area contributed by atoms with E-state index in [0.29, 0.717) is 23.0 Å². The molecule has 1 fully saturated rings. The number of carbonyl (C=O) groups is 1. The second kappa shape index (κ2) is 4.90. The van der Waals surface area contributed by atoms with Gasteiger partial charge in [-0.2, -0.15) is 0 Å². The predicted octanol–water partition coefficient (Wildman–Crippen LogP) is 0.531. The van der Waals surface area contributed by atoms with Crippen molar-refractivity contribution in [2.24, 2.45) is 5.73 Å². The first-order valence-corrected chi connectivity index (χ1v) is 5.74. The number of nitrogens with zero attached hydrogens (tertiary/aromatic N) is 2. The molecule has 1 radical (unpaired) electrons. The van der Waals surface area contributed by atoms with Crippen molar-refractivity contribution in [3.05, 3.63) is 6.92 Å². The van der Waals surface area contributed by atoms with Crippen LogP contribution in [0.1, 0.15) is 6.42 Å². The van der Waals surface area contributed by atoms with Crippen LogP contribution in [0.25, 0.3) is 0 Å². The van der Waals surface area contributed by atoms with Gasteiger partial charge in [0.1, 0.15) is 0 Å². The number of hydrogen-bond donors (Lipinski definition) is 1. The molecule has 0 bridgehead atoms. The average Bonchev–Trinajstić information content (AvgIpc) is 2.43. The summed E-state index contributed by atoms with van der Waals surface area (Å²) in [6.45, 7) is 4.19. The summed E-state index contributed by atoms with van der Waals surface area (Å²) in [5.41, 5.74) is 5.49. The van der Waals surface area contributed by atoms with Crippen molar-refractivity contribution >= 4 is 51.5 Å². The van der Waals surface area contributed by atoms with Gasteiger partial charge >= 0.3 is 0 Å². The van der Waals surface area contributed by atoms with Gasteiger partial charge in [0.25, 0.3) is 5.91 Å². The maximum absolute atomic E-state index is 11.4. The van der Waals surface area contributed by atoms with Crippen molar-refractivity contribution in [3.63, 3.8) is 0 Å². The van der Waals surface area contributed by atoms with Crippen molar-refractivity contribution in [2.45, 2.75) is 6.42 Å². The van der Waals surface area contributed by atoms with E-state index >= 15 is 0 Å². The van der Waals surface area contributed by atoms with Crippen LogP contribution in [0.2, 0.25) is 0 Å². The largest absolute Gasteiger partial charge is 0.375 e. The van der Waals surface area contributed by atoms with Crippen LogP contribution in [-0.4, -0.2) is 37.7 Å². The third kappa shape index (κ3) is 2.34. The zero-order valence-electron chi connectivity index (χ0n) is 7.43. The van der Waals surface area contributed by atoms with Gasteiger partial charge in [0.05, 0.1) is 5.75 Å². The minimum atomic E-state index is -0.0822. The Hall–Kier alpha value is -0.400. The molecular weight excluding hydrogens is 238 g/mol. The molecule has 0 unspecified atom stereocenters. The van der Waals surface area contributed by atoms with Crippen molar-refractivity contribution in [2.75, 3.05) is 12.3 Å². The number of thioether (sulfide) groups is 1. The van der Waals surface area contributed by atoms with E-state index in [4.69, 9.17) is 30.2 Å². The Morgan fingerprint density at radius 3 is 2.79 bits per heavy atom. The number of hydrogen-bond acceptors (Lipinski definition) is 4. The Bertz CT molecular complexity index is 265. The highest BCUT2D eigenvalue weighted by molar-refractivity contribution is 8.23. The van der Waals surface area contributed by atoms with Crippen molar-refractivity contribution in [3.8, 4) is 0 Å². The Morgan fingerprint density at radius 1 is 1.79 bits per heavy atom. The van der Waals surface area contributed by atoms with Crippen LogP contribution in [0.5, 0.6) is 0 Å². The van der Waals surface area contributed by atoms with Gasteiger partial charge in [-0.1, -0.05) is 30.9 Å². The van der Waals surface area contributed by atoms with Crippen molar-refractivity contribution < 1.29 is 4.79 Å². The molecule has 0 saturated carbocycles. The highest BCUT2D eigenvalue weighted by atomic mass is 32.2. The topological polar surface area (TPSA) is 49.6 Å². The molecule has 1 heterocycles. The second-order valence-electron chi connectivity index (χ2n) is 2.58. The van der Waals surface area contributed by atoms with Crippen molar-refractivity contribution in [1.82, 2.24) is 10.0 Å². The number of rotatable bonds is 3. The van der Waals surface area contributed by atoms with Crippen LogP contribution in [0.4, 0.5) is 0 Å². The summed E-state index contributed by atoms with van der Waals surface area (Å²) in [6.07, 6.45) is 0.606. The molecule has 0 atom stereocenters. The molecule has 14 heavy (non-hydrogen) atoms. The standard InChI is InChI=1S/C7H10N3OS3/c1-2-3-9(6(8)12)10-5(11)4-14-7(10)13/h1-4H2,(H2,8,12). The molecule has 1 aliphatic rings. The van der Waals surface area contributed by atoms with Gasteiger partial charge in [0, 0.05) is 6.54 Å². The molecule has 0 aromatic rings. The van der Waals surface area contributed by atoms with E-state index < -0.39 is 0 Å². The van der Waals surface area contributed by atoms with E-state index in [0.717, 1.165) is 0 Å². The van der Waals surface area contributed by atoms with Gasteiger partial charge in [0.15, 0.2) is 9.43 Å². The van der Waals surface area contributed by atoms with E-state index in [2.05, 4.69) is 6.92 Å². The van der Waals surface area contributed by atoms with Gasteiger partial charge in [-0.3, -0.25) is 9.80 Å². The fourth-order valence-electron chi connectivity index (χ4n) is 1.04. The fourth-order valence-corrected chi connectivity index (χ4v) is 2.28. The summed E-state index contributed by atoms with van der Waals surface area (Å²) in [5, 5.41) is 2.99. The zero-order valence-corrected chi connectivity index (χ0v) is 9.88. The summed E-state index contributed by atoms with van der Waals surface area (Å²) in [7, 11) is 0. The van der Waals surface area contributed by atoms with E-state index in [1.807, 2.05) is 0 Å². The zero-order chi connectivity index (χ0) is 10.7. The average molecular weight is 248 g/mol. The first-order valence-electron chi connectivity index (χ1n) is 3.93. The number of thiocarbonyl (C=S) groups is 2. The summed E-state index contributed by atoms with van der Waals surface area (Å²) >= 11 is 11.2. The molecule has 0 aromatic carbocycles. The summed E-state index contributed by atoms with van der Waals surface area (Å²) in [4.78, 5) is 11.4. The Morgan fingerprint density at radius 2 is 2.43 bits per heavy atom. The molecule has 1 amide bonds. The lowest BCUT2D eigenvalue weighted by Gasteiger charge is -2.30. The normalized spacial score (nSPS) is 16.2. The maximum Gasteiger partial charge on any atom is 0.257 e. The van der Waals surface area contributed by atoms with E-state index in [1.54, 1.807) is 0 Å². The van der Waals surface area contributed by atoms with Gasteiger partial charge in [0.2, 0.25) is 0 Å². The minimum absolute atomic E-state index is 0.0822. The number of carbonyl (C=O) groups excluding carboxylic acids is 1. The minimum Gasteiger partial charge on any atom is -0.375 e. The Labute approximate surface area is 97.8 Å². The molecule has 77 valence electrons. The highest BCUT2D eigenvalue weighted by Gasteiger charge is 2.32. The third-order valence-electron chi connectivity index (χ3n) is 1.59. The molecular formula is C7H10N3OS3. The number of nitrogens with two attached hydrogens (primary N) is 1. The van der Waals surface area contributed by atoms with E-state index in [9.17, 15) is 4.79 Å². The van der Waals surface area contributed by atoms with Crippen LogP contribution in [0, 0.1) is 6.92 Å². The highest BCUT2D eigenvalue weighted by Crippen LogP contribution is 2.21. The molecule has 1 rings (SSSR count). The van der Waals surface area contributed by atoms with Crippen LogP contribution in [0.3, 0.4) is 0 Å². The van der Waals surface area contributed by atoms with Crippen LogP contribution in [0.15, 0.2) is 0 Å². The predicted molar refractivity (Wildman–Crippen MR) is 65.4 cm³/mol. The monoisotopic (exact) mass is 248 g/mol. The van der Waals surface area contributed by atoms with Crippen LogP contribution < -0.4 is 5.73 Å². The smallest absolute Gasteiger partial charge is 0.257 e. The fraction of sp³-hybridized carbons (Fsp3) is 0.429. The van der Waals surface area contributed by atoms with Gasteiger partial charge in [-0.15, -0.1) is 0 Å². The number of amides is 1. The first-order chi connectivity index (χ1) is 6.57. The SMILES string of the molecule is [CH2]CCN(C(N)=S)N1C(=O)CSC1=S. The molecule has 4 nitrogen and oxygen atoms in total. The summed E-state index contributed by atoms with van der Waals surface area (Å²) in [5.74, 6) is 0.274. The van der Waals surface area contributed by atoms with Crippen LogP contribution in [-0.2, 0) is 4.79 Å². The second-order valence-corrected chi connectivity index (χ2v) is 4.60. The quantitative estimate of drug-likeness (QED) is 0.735. The van der Waals surface area contributed by atoms with Gasteiger partial charge in [-0.25, -0.2) is 5.01 Å². The summed E-state index contributed by atoms with van der Waals surface area (Å²) < 4.78 is 0.497. The molecule has 2 N–H and O–H groups in total. The van der Waals surface area contributed by atoms with E-state index in [-0.39, 0.29) is 11.0 Å². The Kier molecular flexibility index (Phi) is 4.09. The molecule has 1 aliphatic heterocycles. The first kappa shape index (κ1) is 11.7. The summed E-state index contributed by atoms with van der Waals surface area (Å²) in [6, 6.07) is 0. The lowest BCUT2D eigenvalue weighted by atomic mass is 10.5. The lowest BCUT2D eigenvalue weighted by molar-refractivity contribution is -0.131. The molecule has 0 aromatic heterocycles. The van der Waals surface area contributed by atoms with Crippen molar-refractivity contribution in [1.29, 1.82) is 0 Å². The maximum atomic E-state index is 11.4. The lowest BCUT2D eigenvalue weighted by Crippen LogP contribution is -2.51. The Balaban J connectivity index is 2.81. The van der Waals surface area contributed by atoms with E-state index in [1.165, 1.54) is 21.8 Å². The van der Waals surface area contributed by atoms with Crippen LogP contribution >= 0.6 is 36.2 Å². The molecule has 0 spiro atoms. The van der Waals surface area contributed by atoms with Gasteiger partial charge < -0.3 is 5.73 Å². The third-order valence-corrected chi connectivity index (χ3v) is 3.14.